The van der Waals surface area contributed by atoms with Crippen molar-refractivity contribution in [2.24, 2.45) is 17.8 Å². The molecule has 0 unspecified atom stereocenters. The second-order valence-electron chi connectivity index (χ2n) is 5.53. The van der Waals surface area contributed by atoms with Gasteiger partial charge in [-0.1, -0.05) is 27.7 Å². The van der Waals surface area contributed by atoms with Crippen molar-refractivity contribution in [3.05, 3.63) is 0 Å². The Labute approximate surface area is 89.1 Å². The van der Waals surface area contributed by atoms with Gasteiger partial charge in [-0.05, 0) is 17.8 Å². The molecule has 0 saturated carbocycles. The van der Waals surface area contributed by atoms with Crippen molar-refractivity contribution in [2.75, 3.05) is 32.7 Å². The molecule has 1 fully saturated rings. The Morgan fingerprint density at radius 3 is 1.86 bits per heavy atom. The van der Waals surface area contributed by atoms with E-state index < -0.39 is 0 Å². The summed E-state index contributed by atoms with van der Waals surface area (Å²) in [6.45, 7) is 15.5. The fourth-order valence-electron chi connectivity index (χ4n) is 2.10. The first-order valence-corrected chi connectivity index (χ1v) is 6.01. The molecule has 2 nitrogen and oxygen atoms in total. The first-order chi connectivity index (χ1) is 6.58. The normalized spacial score (nSPS) is 18.2. The maximum Gasteiger partial charge on any atom is 0.00342 e. The summed E-state index contributed by atoms with van der Waals surface area (Å²) in [5, 5.41) is 3.35. The average molecular weight is 198 g/mol. The molecule has 1 aliphatic heterocycles. The summed E-state index contributed by atoms with van der Waals surface area (Å²) in [5.41, 5.74) is 0. The predicted molar refractivity (Wildman–Crippen MR) is 62.5 cm³/mol. The van der Waals surface area contributed by atoms with Crippen molar-refractivity contribution in [2.45, 2.75) is 27.7 Å². The molecule has 1 heterocycles. The van der Waals surface area contributed by atoms with E-state index in [-0.39, 0.29) is 0 Å². The second kappa shape index (κ2) is 5.72. The molecule has 14 heavy (non-hydrogen) atoms. The minimum absolute atomic E-state index is 0.793. The molecule has 0 aromatic rings. The Kier molecular flexibility index (Phi) is 4.90. The monoisotopic (exact) mass is 198 g/mol. The zero-order valence-corrected chi connectivity index (χ0v) is 10.2. The maximum atomic E-state index is 3.35. The molecule has 0 aromatic carbocycles. The molecule has 0 aromatic heterocycles. The second-order valence-corrected chi connectivity index (χ2v) is 5.53. The summed E-state index contributed by atoms with van der Waals surface area (Å²) in [5.74, 6) is 2.50. The standard InChI is InChI=1S/C12H26N2/c1-10(2)7-14(8-11(3)4)9-12-5-13-6-12/h10-13H,5-9H2,1-4H3. The first-order valence-electron chi connectivity index (χ1n) is 6.01. The van der Waals surface area contributed by atoms with E-state index in [0.29, 0.717) is 0 Å². The highest BCUT2D eigenvalue weighted by molar-refractivity contribution is 4.78. The van der Waals surface area contributed by atoms with Gasteiger partial charge in [0, 0.05) is 32.7 Å². The molecule has 0 aliphatic carbocycles. The van der Waals surface area contributed by atoms with E-state index in [1.54, 1.807) is 0 Å². The van der Waals surface area contributed by atoms with Crippen LogP contribution in [0.2, 0.25) is 0 Å². The van der Waals surface area contributed by atoms with E-state index in [1.165, 1.54) is 32.7 Å². The number of nitrogens with one attached hydrogen (secondary N) is 1. The lowest BCUT2D eigenvalue weighted by atomic mass is 10.0. The van der Waals surface area contributed by atoms with E-state index in [4.69, 9.17) is 0 Å². The molecule has 0 amide bonds. The molecule has 1 saturated heterocycles. The number of hydrogen-bond acceptors (Lipinski definition) is 2. The number of nitrogens with zero attached hydrogens (tertiary/aromatic N) is 1. The van der Waals surface area contributed by atoms with Crippen molar-refractivity contribution in [3.8, 4) is 0 Å². The summed E-state index contributed by atoms with van der Waals surface area (Å²) < 4.78 is 0. The highest BCUT2D eigenvalue weighted by Gasteiger charge is 2.20. The lowest BCUT2D eigenvalue weighted by Crippen LogP contribution is -2.49. The van der Waals surface area contributed by atoms with Crippen molar-refractivity contribution >= 4 is 0 Å². The van der Waals surface area contributed by atoms with Crippen molar-refractivity contribution in [1.29, 1.82) is 0 Å². The Hall–Kier alpha value is -0.0800. The van der Waals surface area contributed by atoms with Crippen molar-refractivity contribution in [1.82, 2.24) is 10.2 Å². The van der Waals surface area contributed by atoms with Gasteiger partial charge in [0.25, 0.3) is 0 Å². The SMILES string of the molecule is CC(C)CN(CC(C)C)CC1CNC1. The fourth-order valence-corrected chi connectivity index (χ4v) is 2.10. The molecule has 1 N–H and O–H groups in total. The van der Waals surface area contributed by atoms with Crippen LogP contribution in [-0.4, -0.2) is 37.6 Å². The van der Waals surface area contributed by atoms with E-state index in [2.05, 4.69) is 37.9 Å². The number of hydrogen-bond donors (Lipinski definition) is 1. The third-order valence-corrected chi connectivity index (χ3v) is 2.63. The Balaban J connectivity index is 2.26. The molecule has 2 heteroatoms. The lowest BCUT2D eigenvalue weighted by molar-refractivity contribution is 0.161. The third kappa shape index (κ3) is 4.43. The van der Waals surface area contributed by atoms with Gasteiger partial charge in [0.2, 0.25) is 0 Å². The van der Waals surface area contributed by atoms with Crippen LogP contribution in [0.3, 0.4) is 0 Å². The average Bonchev–Trinajstić information content (AvgIpc) is 1.94. The van der Waals surface area contributed by atoms with Gasteiger partial charge < -0.3 is 10.2 Å². The van der Waals surface area contributed by atoms with Gasteiger partial charge in [-0.25, -0.2) is 0 Å². The molecule has 84 valence electrons. The van der Waals surface area contributed by atoms with Crippen LogP contribution in [0, 0.1) is 17.8 Å². The van der Waals surface area contributed by atoms with Gasteiger partial charge >= 0.3 is 0 Å². The maximum absolute atomic E-state index is 3.35. The van der Waals surface area contributed by atoms with Crippen molar-refractivity contribution in [3.63, 3.8) is 0 Å². The molecule has 0 atom stereocenters. The Morgan fingerprint density at radius 1 is 1.07 bits per heavy atom. The van der Waals surface area contributed by atoms with Gasteiger partial charge in [-0.15, -0.1) is 0 Å². The molecule has 0 spiro atoms. The summed E-state index contributed by atoms with van der Waals surface area (Å²) in [6.07, 6.45) is 0. The zero-order valence-electron chi connectivity index (χ0n) is 10.2. The van der Waals surface area contributed by atoms with Gasteiger partial charge in [-0.3, -0.25) is 0 Å². The summed E-state index contributed by atoms with van der Waals surface area (Å²) in [7, 11) is 0. The fraction of sp³-hybridized carbons (Fsp3) is 1.00. The van der Waals surface area contributed by atoms with E-state index >= 15 is 0 Å². The van der Waals surface area contributed by atoms with Crippen LogP contribution in [0.4, 0.5) is 0 Å². The van der Waals surface area contributed by atoms with Gasteiger partial charge in [0.1, 0.15) is 0 Å². The van der Waals surface area contributed by atoms with Gasteiger partial charge in [-0.2, -0.15) is 0 Å². The molecule has 1 rings (SSSR count). The topological polar surface area (TPSA) is 15.3 Å². The highest BCUT2D eigenvalue weighted by Crippen LogP contribution is 2.10. The van der Waals surface area contributed by atoms with Crippen LogP contribution in [0.25, 0.3) is 0 Å². The van der Waals surface area contributed by atoms with Gasteiger partial charge in [0.15, 0.2) is 0 Å². The predicted octanol–water partition coefficient (Wildman–Crippen LogP) is 1.82. The minimum Gasteiger partial charge on any atom is -0.316 e. The highest BCUT2D eigenvalue weighted by atomic mass is 15.1. The molecular formula is C12H26N2. The van der Waals surface area contributed by atoms with Crippen LogP contribution in [0.5, 0.6) is 0 Å². The van der Waals surface area contributed by atoms with Crippen LogP contribution in [0.1, 0.15) is 27.7 Å². The number of rotatable bonds is 6. The molecule has 1 aliphatic rings. The van der Waals surface area contributed by atoms with Crippen LogP contribution < -0.4 is 5.32 Å². The van der Waals surface area contributed by atoms with Crippen LogP contribution in [0.15, 0.2) is 0 Å². The largest absolute Gasteiger partial charge is 0.316 e. The van der Waals surface area contributed by atoms with E-state index in [1.807, 2.05) is 0 Å². The molecular weight excluding hydrogens is 172 g/mol. The summed E-state index contributed by atoms with van der Waals surface area (Å²) >= 11 is 0. The first kappa shape index (κ1) is 12.0. The van der Waals surface area contributed by atoms with Crippen molar-refractivity contribution < 1.29 is 0 Å². The zero-order chi connectivity index (χ0) is 10.6. The van der Waals surface area contributed by atoms with E-state index in [9.17, 15) is 0 Å². The minimum atomic E-state index is 0.793. The summed E-state index contributed by atoms with van der Waals surface area (Å²) in [6, 6.07) is 0. The Bertz CT molecular complexity index is 140. The quantitative estimate of drug-likeness (QED) is 0.700. The lowest BCUT2D eigenvalue weighted by Gasteiger charge is -2.34. The van der Waals surface area contributed by atoms with Gasteiger partial charge in [0.05, 0.1) is 0 Å². The Morgan fingerprint density at radius 2 is 1.57 bits per heavy atom. The molecule has 0 bridgehead atoms. The summed E-state index contributed by atoms with van der Waals surface area (Å²) in [4.78, 5) is 2.64. The van der Waals surface area contributed by atoms with E-state index in [0.717, 1.165) is 17.8 Å². The van der Waals surface area contributed by atoms with Crippen LogP contribution in [-0.2, 0) is 0 Å². The van der Waals surface area contributed by atoms with Crippen LogP contribution >= 0.6 is 0 Å². The third-order valence-electron chi connectivity index (χ3n) is 2.63. The molecule has 0 radical (unpaired) electrons. The smallest absolute Gasteiger partial charge is 0.00342 e.